The molecule has 0 spiro atoms. The van der Waals surface area contributed by atoms with Gasteiger partial charge < -0.3 is 49.0 Å². The highest BCUT2D eigenvalue weighted by Crippen LogP contribution is 2.62. The number of allylic oxidation sites excluding steroid dienone is 1. The molecule has 3 aromatic rings. The van der Waals surface area contributed by atoms with Gasteiger partial charge in [-0.3, -0.25) is 4.79 Å². The first-order valence-electron chi connectivity index (χ1n) is 26.1. The van der Waals surface area contributed by atoms with Gasteiger partial charge in [0.1, 0.15) is 24.7 Å². The highest BCUT2D eigenvalue weighted by atomic mass is 16.7. The number of unbranched alkanes of at least 4 members (excludes halogenated alkanes) is 11. The molecular weight excluding hydrogens is 901 g/mol. The number of amides is 2. The summed E-state index contributed by atoms with van der Waals surface area (Å²) in [5, 5.41) is 37.3. The molecule has 3 N–H and O–H groups in total. The van der Waals surface area contributed by atoms with Crippen molar-refractivity contribution in [3.63, 3.8) is 0 Å². The van der Waals surface area contributed by atoms with Crippen LogP contribution in [0.3, 0.4) is 0 Å². The lowest BCUT2D eigenvalue weighted by Crippen LogP contribution is -2.70. The first-order valence-corrected chi connectivity index (χ1v) is 26.1. The van der Waals surface area contributed by atoms with E-state index in [2.05, 4.69) is 31.0 Å². The van der Waals surface area contributed by atoms with Crippen molar-refractivity contribution < 1.29 is 48.3 Å². The first-order chi connectivity index (χ1) is 34.8. The van der Waals surface area contributed by atoms with E-state index >= 15 is 4.79 Å². The topological polar surface area (TPSA) is 181 Å². The van der Waals surface area contributed by atoms with Crippen molar-refractivity contribution >= 4 is 17.7 Å². The summed E-state index contributed by atoms with van der Waals surface area (Å²) in [4.78, 5) is 36.2. The standard InChI is InChI=1S/C57H74N4O10/c1-4-6-7-8-9-10-11-12-13-16-29-59-56(65)70-44-26-28-49-47(35-44)53-45(20-15-18-31-63)43(19-14-17-30-62)34-46-48(60-66-3)36-52(57(71-49,54(46)53)69-32-5-2)61(55(64)42-24-21-40(37-58)22-25-42)38-41-23-27-50-51(33-41)68-39-67-50/h5,21-28,33-35,43,45,52-54,62-63H,2,4,6-20,29-32,36,38-39H2,1,3H3,(H,59,65). The average Bonchev–Trinajstić information content (AvgIpc) is 3.86. The molecule has 382 valence electrons. The summed E-state index contributed by atoms with van der Waals surface area (Å²) in [6, 6.07) is 19.0. The monoisotopic (exact) mass is 975 g/mol. The van der Waals surface area contributed by atoms with Crippen LogP contribution < -0.4 is 24.3 Å². The summed E-state index contributed by atoms with van der Waals surface area (Å²) >= 11 is 0. The van der Waals surface area contributed by atoms with Crippen LogP contribution >= 0.6 is 0 Å². The van der Waals surface area contributed by atoms with Gasteiger partial charge in [0.05, 0.1) is 29.9 Å². The number of oxime groups is 1. The molecule has 0 radical (unpaired) electrons. The Morgan fingerprint density at radius 1 is 0.887 bits per heavy atom. The van der Waals surface area contributed by atoms with Crippen LogP contribution in [0.5, 0.6) is 23.0 Å². The molecule has 2 amide bonds. The van der Waals surface area contributed by atoms with Gasteiger partial charge in [-0.2, -0.15) is 5.26 Å². The quantitative estimate of drug-likeness (QED) is 0.0358. The minimum atomic E-state index is -1.54. The van der Waals surface area contributed by atoms with Crippen molar-refractivity contribution in [3.05, 3.63) is 107 Å². The number of rotatable bonds is 28. The van der Waals surface area contributed by atoms with Crippen LogP contribution in [0.15, 0.2) is 90.1 Å². The fourth-order valence-electron chi connectivity index (χ4n) is 11.2. The lowest BCUT2D eigenvalue weighted by atomic mass is 9.55. The molecule has 0 saturated heterocycles. The van der Waals surface area contributed by atoms with Gasteiger partial charge in [-0.15, -0.1) is 6.58 Å². The zero-order valence-electron chi connectivity index (χ0n) is 41.8. The van der Waals surface area contributed by atoms with Crippen LogP contribution in [0.4, 0.5) is 4.79 Å². The second-order valence-electron chi connectivity index (χ2n) is 19.3. The zero-order chi connectivity index (χ0) is 50.0. The Labute approximate surface area is 420 Å². The van der Waals surface area contributed by atoms with Crippen LogP contribution in [-0.2, 0) is 16.1 Å². The third kappa shape index (κ3) is 13.0. The largest absolute Gasteiger partial charge is 0.459 e. The molecule has 0 bridgehead atoms. The molecule has 4 aliphatic rings. The van der Waals surface area contributed by atoms with Gasteiger partial charge >= 0.3 is 6.09 Å². The number of benzene rings is 3. The number of fused-ring (bicyclic) bond motifs is 3. The lowest BCUT2D eigenvalue weighted by Gasteiger charge is -2.60. The lowest BCUT2D eigenvalue weighted by molar-refractivity contribution is -0.255. The smallest absolute Gasteiger partial charge is 0.412 e. The Morgan fingerprint density at radius 3 is 2.30 bits per heavy atom. The SMILES string of the molecule is C=CCOC12Oc3ccc(OC(=O)NCCCCCCCCCCCC)cc3C3C(CCCCO)C(CCCCO)C=C(C(=NOC)CC1N(Cc1ccc4c(c1)OCO4)C(=O)c1ccc(C#N)cc1)C32. The molecule has 1 fully saturated rings. The second kappa shape index (κ2) is 26.5. The van der Waals surface area contributed by atoms with E-state index in [1.165, 1.54) is 52.1 Å². The molecule has 2 aliphatic heterocycles. The van der Waals surface area contributed by atoms with Crippen LogP contribution in [0, 0.1) is 29.1 Å². The highest BCUT2D eigenvalue weighted by Gasteiger charge is 2.65. The molecule has 0 aromatic heterocycles. The van der Waals surface area contributed by atoms with Crippen LogP contribution in [0.2, 0.25) is 0 Å². The third-order valence-electron chi connectivity index (χ3n) is 14.5. The van der Waals surface area contributed by atoms with Crippen molar-refractivity contribution in [3.8, 4) is 29.1 Å². The van der Waals surface area contributed by atoms with Gasteiger partial charge in [-0.05, 0) is 110 Å². The predicted molar refractivity (Wildman–Crippen MR) is 271 cm³/mol. The van der Waals surface area contributed by atoms with Crippen molar-refractivity contribution in [2.75, 3.05) is 40.3 Å². The highest BCUT2D eigenvalue weighted by molar-refractivity contribution is 6.03. The molecule has 71 heavy (non-hydrogen) atoms. The predicted octanol–water partition coefficient (Wildman–Crippen LogP) is 10.9. The molecule has 6 unspecified atom stereocenters. The number of hydrogen-bond donors (Lipinski definition) is 3. The Hall–Kier alpha value is -5.88. The Balaban J connectivity index is 1.29. The van der Waals surface area contributed by atoms with Gasteiger partial charge in [0.25, 0.3) is 5.91 Å². The summed E-state index contributed by atoms with van der Waals surface area (Å²) in [5.74, 6) is -0.720. The maximum absolute atomic E-state index is 15.4. The number of nitrogens with one attached hydrogen (secondary N) is 1. The van der Waals surface area contributed by atoms with Gasteiger partial charge in [-0.25, -0.2) is 4.79 Å². The fourth-order valence-corrected chi connectivity index (χ4v) is 11.2. The van der Waals surface area contributed by atoms with Crippen LogP contribution in [0.1, 0.15) is 149 Å². The molecular formula is C57H74N4O10. The van der Waals surface area contributed by atoms with Crippen molar-refractivity contribution in [2.45, 2.75) is 140 Å². The Kier molecular flexibility index (Phi) is 19.8. The number of nitriles is 1. The molecule has 1 saturated carbocycles. The zero-order valence-corrected chi connectivity index (χ0v) is 41.8. The van der Waals surface area contributed by atoms with Gasteiger partial charge in [0, 0.05) is 49.8 Å². The first kappa shape index (κ1) is 52.9. The number of hydrogen-bond acceptors (Lipinski definition) is 12. The van der Waals surface area contributed by atoms with Crippen molar-refractivity contribution in [1.82, 2.24) is 10.2 Å². The van der Waals surface area contributed by atoms with Crippen molar-refractivity contribution in [2.24, 2.45) is 22.9 Å². The number of carbonyl (C=O) groups is 2. The summed E-state index contributed by atoms with van der Waals surface area (Å²) in [7, 11) is 1.51. The second-order valence-corrected chi connectivity index (χ2v) is 19.3. The van der Waals surface area contributed by atoms with E-state index in [9.17, 15) is 20.3 Å². The third-order valence-corrected chi connectivity index (χ3v) is 14.5. The fraction of sp³-hybridized carbons (Fsp3) is 0.544. The number of aliphatic hydroxyl groups is 2. The van der Waals surface area contributed by atoms with E-state index in [0.717, 1.165) is 61.6 Å². The molecule has 2 heterocycles. The molecule has 2 aliphatic carbocycles. The summed E-state index contributed by atoms with van der Waals surface area (Å²) < 4.78 is 32.0. The maximum Gasteiger partial charge on any atom is 0.412 e. The van der Waals surface area contributed by atoms with Gasteiger partial charge in [0.15, 0.2) is 11.5 Å². The number of nitrogens with zero attached hydrogens (tertiary/aromatic N) is 3. The van der Waals surface area contributed by atoms with E-state index < -0.39 is 23.8 Å². The summed E-state index contributed by atoms with van der Waals surface area (Å²) in [6.45, 7) is 7.21. The van der Waals surface area contributed by atoms with Crippen molar-refractivity contribution in [1.29, 1.82) is 5.26 Å². The minimum absolute atomic E-state index is 0.0112. The van der Waals surface area contributed by atoms with Crippen LogP contribution in [0.25, 0.3) is 0 Å². The van der Waals surface area contributed by atoms with Crippen LogP contribution in [-0.4, -0.2) is 84.9 Å². The summed E-state index contributed by atoms with van der Waals surface area (Å²) in [6.07, 6.45) is 19.9. The average molecular weight is 975 g/mol. The molecule has 3 aromatic carbocycles. The number of aliphatic hydroxyl groups excluding tert-OH is 2. The number of ether oxygens (including phenoxy) is 5. The summed E-state index contributed by atoms with van der Waals surface area (Å²) in [5.41, 5.74) is 3.91. The molecule has 14 nitrogen and oxygen atoms in total. The number of carbonyl (C=O) groups excluding carboxylic acids is 2. The van der Waals surface area contributed by atoms with Gasteiger partial charge in [-0.1, -0.05) is 101 Å². The normalized spacial score (nSPS) is 22.0. The Morgan fingerprint density at radius 2 is 1.59 bits per heavy atom. The minimum Gasteiger partial charge on any atom is -0.459 e. The molecule has 6 atom stereocenters. The molecule has 7 rings (SSSR count). The van der Waals surface area contributed by atoms with E-state index in [4.69, 9.17) is 33.7 Å². The van der Waals surface area contributed by atoms with E-state index in [1.807, 2.05) is 30.3 Å². The van der Waals surface area contributed by atoms with E-state index in [0.29, 0.717) is 59.2 Å². The van der Waals surface area contributed by atoms with E-state index in [-0.39, 0.29) is 63.2 Å². The van der Waals surface area contributed by atoms with E-state index in [1.54, 1.807) is 41.3 Å². The molecule has 14 heteroatoms. The maximum atomic E-state index is 15.4. The Bertz CT molecular complexity index is 2340. The van der Waals surface area contributed by atoms with Gasteiger partial charge in [0.2, 0.25) is 12.6 Å².